The Balaban J connectivity index is 2.38. The molecule has 0 aliphatic carbocycles. The molecule has 1 saturated heterocycles. The molecule has 0 amide bonds. The van der Waals surface area contributed by atoms with Crippen molar-refractivity contribution in [1.29, 1.82) is 0 Å². The maximum Gasteiger partial charge on any atom is 0.342 e. The van der Waals surface area contributed by atoms with E-state index in [1.54, 1.807) is 0 Å². The van der Waals surface area contributed by atoms with E-state index in [-0.39, 0.29) is 16.8 Å². The van der Waals surface area contributed by atoms with Crippen molar-refractivity contribution in [2.75, 3.05) is 18.5 Å². The lowest BCUT2D eigenvalue weighted by molar-refractivity contribution is -0.384. The molecule has 1 aromatic rings. The summed E-state index contributed by atoms with van der Waals surface area (Å²) in [6.45, 7) is 3.11. The zero-order chi connectivity index (χ0) is 14.8. The molecule has 1 heterocycles. The number of nitro benzene ring substituents is 1. The smallest absolute Gasteiger partial charge is 0.342 e. The minimum atomic E-state index is -1.31. The topological polar surface area (TPSA) is 102 Å². The van der Waals surface area contributed by atoms with Gasteiger partial charge in [-0.1, -0.05) is 6.07 Å². The third-order valence-corrected chi connectivity index (χ3v) is 3.48. The summed E-state index contributed by atoms with van der Waals surface area (Å²) >= 11 is 0. The van der Waals surface area contributed by atoms with Gasteiger partial charge in [0.15, 0.2) is 0 Å². The number of nitro groups is 1. The molecule has 0 bridgehead atoms. The number of anilines is 1. The van der Waals surface area contributed by atoms with Crippen LogP contribution in [0.2, 0.25) is 0 Å². The Kier molecular flexibility index (Phi) is 3.89. The zero-order valence-electron chi connectivity index (χ0n) is 11.1. The Labute approximate surface area is 115 Å². The Morgan fingerprint density at radius 2 is 2.10 bits per heavy atom. The van der Waals surface area contributed by atoms with E-state index in [4.69, 9.17) is 9.84 Å². The lowest BCUT2D eigenvalue weighted by Crippen LogP contribution is -2.40. The molecule has 0 spiro atoms. The molecule has 0 aromatic heterocycles. The summed E-state index contributed by atoms with van der Waals surface area (Å²) in [6, 6.07) is 4.27. The molecular weight excluding hydrogens is 264 g/mol. The molecule has 1 aliphatic rings. The fourth-order valence-electron chi connectivity index (χ4n) is 2.29. The lowest BCUT2D eigenvalue weighted by Gasteiger charge is -2.35. The van der Waals surface area contributed by atoms with E-state index < -0.39 is 16.6 Å². The van der Waals surface area contributed by atoms with Gasteiger partial charge in [0, 0.05) is 18.8 Å². The number of carbonyl (C=O) groups is 1. The van der Waals surface area contributed by atoms with Crippen LogP contribution in [0, 0.1) is 10.1 Å². The molecule has 0 atom stereocenters. The van der Waals surface area contributed by atoms with Gasteiger partial charge in [-0.25, -0.2) is 4.79 Å². The first kappa shape index (κ1) is 14.3. The number of ether oxygens (including phenoxy) is 1. The van der Waals surface area contributed by atoms with Crippen LogP contribution >= 0.6 is 0 Å². The molecule has 2 N–H and O–H groups in total. The number of hydrogen-bond donors (Lipinski definition) is 2. The fraction of sp³-hybridized carbons (Fsp3) is 0.462. The molecule has 20 heavy (non-hydrogen) atoms. The summed E-state index contributed by atoms with van der Waals surface area (Å²) in [7, 11) is 0. The first-order chi connectivity index (χ1) is 9.43. The Morgan fingerprint density at radius 1 is 1.45 bits per heavy atom. The zero-order valence-corrected chi connectivity index (χ0v) is 11.1. The first-order valence-corrected chi connectivity index (χ1v) is 6.29. The monoisotopic (exact) mass is 280 g/mol. The fourth-order valence-corrected chi connectivity index (χ4v) is 2.29. The van der Waals surface area contributed by atoms with Crippen molar-refractivity contribution in [2.45, 2.75) is 25.3 Å². The summed E-state index contributed by atoms with van der Waals surface area (Å²) in [5, 5.41) is 23.3. The van der Waals surface area contributed by atoms with E-state index in [1.807, 2.05) is 6.92 Å². The van der Waals surface area contributed by atoms with E-state index in [1.165, 1.54) is 18.2 Å². The highest BCUT2D eigenvalue weighted by Gasteiger charge is 2.31. The third kappa shape index (κ3) is 2.88. The average Bonchev–Trinajstić information content (AvgIpc) is 2.38. The van der Waals surface area contributed by atoms with Gasteiger partial charge in [-0.05, 0) is 31.9 Å². The predicted molar refractivity (Wildman–Crippen MR) is 72.1 cm³/mol. The van der Waals surface area contributed by atoms with E-state index >= 15 is 0 Å². The van der Waals surface area contributed by atoms with Gasteiger partial charge in [0.1, 0.15) is 11.3 Å². The van der Waals surface area contributed by atoms with Crippen molar-refractivity contribution in [3.05, 3.63) is 33.9 Å². The first-order valence-electron chi connectivity index (χ1n) is 6.29. The summed E-state index contributed by atoms with van der Waals surface area (Å²) in [5.74, 6) is -1.31. The highest BCUT2D eigenvalue weighted by Crippen LogP contribution is 2.33. The van der Waals surface area contributed by atoms with Crippen LogP contribution in [0.15, 0.2) is 18.2 Å². The van der Waals surface area contributed by atoms with Crippen LogP contribution in [-0.2, 0) is 4.74 Å². The summed E-state index contributed by atoms with van der Waals surface area (Å²) in [6.07, 6.45) is 1.42. The van der Waals surface area contributed by atoms with Crippen molar-refractivity contribution >= 4 is 17.3 Å². The number of carboxylic acids is 1. The maximum atomic E-state index is 11.2. The Bertz CT molecular complexity index is 538. The minimum Gasteiger partial charge on any atom is -0.477 e. The molecule has 1 aromatic carbocycles. The van der Waals surface area contributed by atoms with Crippen LogP contribution in [0.5, 0.6) is 0 Å². The minimum absolute atomic E-state index is 0.235. The molecule has 0 radical (unpaired) electrons. The van der Waals surface area contributed by atoms with Gasteiger partial charge in [-0.2, -0.15) is 0 Å². The number of aromatic carboxylic acids is 1. The third-order valence-electron chi connectivity index (χ3n) is 3.48. The predicted octanol–water partition coefficient (Wildman–Crippen LogP) is 2.27. The summed E-state index contributed by atoms with van der Waals surface area (Å²) in [5.41, 5.74) is -0.803. The molecule has 0 saturated carbocycles. The van der Waals surface area contributed by atoms with Crippen molar-refractivity contribution < 1.29 is 19.6 Å². The number of carboxylic acid groups (broad SMARTS) is 1. The second-order valence-electron chi connectivity index (χ2n) is 5.06. The number of nitrogens with one attached hydrogen (secondary N) is 1. The van der Waals surface area contributed by atoms with Gasteiger partial charge < -0.3 is 15.2 Å². The van der Waals surface area contributed by atoms with Gasteiger partial charge in [-0.15, -0.1) is 0 Å². The number of para-hydroxylation sites is 1. The van der Waals surface area contributed by atoms with Gasteiger partial charge >= 0.3 is 11.7 Å². The molecule has 1 aliphatic heterocycles. The van der Waals surface area contributed by atoms with E-state index in [9.17, 15) is 14.9 Å². The van der Waals surface area contributed by atoms with E-state index in [0.29, 0.717) is 26.1 Å². The Morgan fingerprint density at radius 3 is 2.65 bits per heavy atom. The van der Waals surface area contributed by atoms with Gasteiger partial charge in [-0.3, -0.25) is 10.1 Å². The van der Waals surface area contributed by atoms with Crippen LogP contribution in [0.1, 0.15) is 30.1 Å². The maximum absolute atomic E-state index is 11.2. The molecule has 0 unspecified atom stereocenters. The number of benzene rings is 1. The van der Waals surface area contributed by atoms with Crippen LogP contribution in [0.3, 0.4) is 0 Å². The van der Waals surface area contributed by atoms with E-state index in [2.05, 4.69) is 5.32 Å². The second kappa shape index (κ2) is 5.46. The molecule has 7 nitrogen and oxygen atoms in total. The molecule has 1 fully saturated rings. The van der Waals surface area contributed by atoms with E-state index in [0.717, 1.165) is 0 Å². The lowest BCUT2D eigenvalue weighted by atomic mass is 9.92. The highest BCUT2D eigenvalue weighted by atomic mass is 16.6. The SMILES string of the molecule is CC1(Nc2cccc(C(=O)O)c2[N+](=O)[O-])CCOCC1. The van der Waals surface area contributed by atoms with Crippen LogP contribution in [-0.4, -0.2) is 34.8 Å². The second-order valence-corrected chi connectivity index (χ2v) is 5.06. The molecule has 108 valence electrons. The van der Waals surface area contributed by atoms with Crippen LogP contribution < -0.4 is 5.32 Å². The van der Waals surface area contributed by atoms with Gasteiger partial charge in [0.2, 0.25) is 0 Å². The normalized spacial score (nSPS) is 17.4. The standard InChI is InChI=1S/C13H16N2O5/c1-13(5-7-20-8-6-13)14-10-4-2-3-9(12(16)17)11(10)15(18)19/h2-4,14H,5-8H2,1H3,(H,16,17). The highest BCUT2D eigenvalue weighted by molar-refractivity contribution is 5.95. The number of nitrogens with zero attached hydrogens (tertiary/aromatic N) is 1. The van der Waals surface area contributed by atoms with Crippen molar-refractivity contribution in [2.24, 2.45) is 0 Å². The molecule has 2 rings (SSSR count). The largest absolute Gasteiger partial charge is 0.477 e. The number of rotatable bonds is 4. The van der Waals surface area contributed by atoms with Crippen molar-refractivity contribution in [1.82, 2.24) is 0 Å². The van der Waals surface area contributed by atoms with Crippen LogP contribution in [0.4, 0.5) is 11.4 Å². The van der Waals surface area contributed by atoms with Gasteiger partial charge in [0.25, 0.3) is 0 Å². The summed E-state index contributed by atoms with van der Waals surface area (Å²) in [4.78, 5) is 21.6. The summed E-state index contributed by atoms with van der Waals surface area (Å²) < 4.78 is 5.27. The molecular formula is C13H16N2O5. The quantitative estimate of drug-likeness (QED) is 0.648. The van der Waals surface area contributed by atoms with Crippen LogP contribution in [0.25, 0.3) is 0 Å². The molecule has 7 heteroatoms. The van der Waals surface area contributed by atoms with Crippen molar-refractivity contribution in [3.8, 4) is 0 Å². The van der Waals surface area contributed by atoms with Crippen molar-refractivity contribution in [3.63, 3.8) is 0 Å². The average molecular weight is 280 g/mol. The van der Waals surface area contributed by atoms with Gasteiger partial charge in [0.05, 0.1) is 4.92 Å². The Hall–Kier alpha value is -2.15. The number of hydrogen-bond acceptors (Lipinski definition) is 5.